The third-order valence-electron chi connectivity index (χ3n) is 9.65. The van der Waals surface area contributed by atoms with Gasteiger partial charge in [-0.05, 0) is 68.0 Å². The first-order valence-electron chi connectivity index (χ1n) is 17.9. The Hall–Kier alpha value is -4.66. The van der Waals surface area contributed by atoms with Gasteiger partial charge < -0.3 is 39.4 Å². The van der Waals surface area contributed by atoms with E-state index >= 15 is 0 Å². The number of aliphatic hydroxyl groups excluding tert-OH is 2. The molecule has 52 heavy (non-hydrogen) atoms. The van der Waals surface area contributed by atoms with Crippen LogP contribution in [0.2, 0.25) is 0 Å². The molecule has 0 aliphatic heterocycles. The summed E-state index contributed by atoms with van der Waals surface area (Å²) in [6.07, 6.45) is 7.02. The number of carboxylic acids is 1. The van der Waals surface area contributed by atoms with E-state index in [2.05, 4.69) is 10.6 Å². The van der Waals surface area contributed by atoms with E-state index < -0.39 is 11.9 Å². The lowest BCUT2D eigenvalue weighted by atomic mass is 9.87. The number of nitrogens with one attached hydrogen (secondary N) is 2. The number of hydrogen-bond donors (Lipinski definition) is 5. The van der Waals surface area contributed by atoms with Crippen molar-refractivity contribution in [3.63, 3.8) is 0 Å². The first-order chi connectivity index (χ1) is 25.1. The minimum absolute atomic E-state index is 0.113. The maximum atomic E-state index is 13.9. The van der Waals surface area contributed by atoms with Gasteiger partial charge in [0, 0.05) is 37.6 Å². The lowest BCUT2D eigenvalue weighted by Gasteiger charge is -2.21. The van der Waals surface area contributed by atoms with Crippen LogP contribution in [-0.4, -0.2) is 94.2 Å². The molecule has 0 spiro atoms. The van der Waals surface area contributed by atoms with E-state index in [0.29, 0.717) is 59.9 Å². The zero-order valence-electron chi connectivity index (χ0n) is 31.3. The van der Waals surface area contributed by atoms with Crippen LogP contribution in [0.3, 0.4) is 0 Å². The molecule has 0 atom stereocenters. The minimum Gasteiger partial charge on any atom is -0.496 e. The van der Waals surface area contributed by atoms with E-state index in [1.807, 2.05) is 43.7 Å². The molecule has 5 N–H and O–H groups in total. The molecule has 1 aliphatic carbocycles. The normalized spacial score (nSPS) is 13.1. The standard InChI is InChI=1S/C34H43N5O6.C4H11NO2/c1-20-16-30(45-6)25(18-28(20)43-4)32-35-34(37-39(32)15-12-23-10-8-7-9-11-23)36-33(42)27-17-24-21(2)22(3)29(44-5)19-26(24)38(27)14-13-31(40)41;6-3-1-5-2-4-7/h16-19,23H,7-15H2,1-6H3,(H,40,41)(H,36,37,42);5-7H,1-4H2. The summed E-state index contributed by atoms with van der Waals surface area (Å²) in [5.41, 5.74) is 4.60. The number of hydrogen-bond acceptors (Lipinski definition) is 10. The van der Waals surface area contributed by atoms with Crippen LogP contribution in [0.1, 0.15) is 72.1 Å². The summed E-state index contributed by atoms with van der Waals surface area (Å²) in [7, 11) is 4.84. The minimum atomic E-state index is -0.954. The zero-order chi connectivity index (χ0) is 37.8. The van der Waals surface area contributed by atoms with Gasteiger partial charge >= 0.3 is 5.97 Å². The van der Waals surface area contributed by atoms with Crippen LogP contribution in [0, 0.1) is 26.7 Å². The molecule has 0 saturated heterocycles. The van der Waals surface area contributed by atoms with Gasteiger partial charge in [0.1, 0.15) is 22.9 Å². The number of amides is 1. The van der Waals surface area contributed by atoms with Crippen molar-refractivity contribution < 1.29 is 39.1 Å². The van der Waals surface area contributed by atoms with Crippen molar-refractivity contribution >= 4 is 28.7 Å². The zero-order valence-corrected chi connectivity index (χ0v) is 31.3. The molecule has 0 unspecified atom stereocenters. The van der Waals surface area contributed by atoms with Crippen molar-refractivity contribution in [3.8, 4) is 28.6 Å². The van der Waals surface area contributed by atoms with Crippen LogP contribution in [0.5, 0.6) is 17.2 Å². The van der Waals surface area contributed by atoms with Crippen LogP contribution in [0.25, 0.3) is 22.3 Å². The largest absolute Gasteiger partial charge is 0.496 e. The summed E-state index contributed by atoms with van der Waals surface area (Å²) in [5, 5.41) is 37.1. The number of aryl methyl sites for hydroxylation is 4. The van der Waals surface area contributed by atoms with Gasteiger partial charge in [0.25, 0.3) is 5.91 Å². The van der Waals surface area contributed by atoms with Gasteiger partial charge in [-0.2, -0.15) is 4.98 Å². The Balaban J connectivity index is 0.000000785. The summed E-state index contributed by atoms with van der Waals surface area (Å²) in [6, 6.07) is 7.45. The molecule has 1 fully saturated rings. The van der Waals surface area contributed by atoms with Gasteiger partial charge in [0.15, 0.2) is 5.82 Å². The van der Waals surface area contributed by atoms with E-state index in [9.17, 15) is 14.7 Å². The SMILES string of the molecule is COc1cc(-c2nc(NC(=O)c3cc4c(C)c(C)c(OC)cc4n3CCC(=O)O)nn2CCC2CCCCC2)c(OC)cc1C.OCCNCCO. The average molecular weight is 723 g/mol. The van der Waals surface area contributed by atoms with Gasteiger partial charge in [0.2, 0.25) is 5.95 Å². The number of carboxylic acid groups (broad SMARTS) is 1. The fourth-order valence-corrected chi connectivity index (χ4v) is 6.69. The number of methoxy groups -OCH3 is 3. The van der Waals surface area contributed by atoms with Crippen LogP contribution >= 0.6 is 0 Å². The van der Waals surface area contributed by atoms with E-state index in [4.69, 9.17) is 34.5 Å². The average Bonchev–Trinajstić information content (AvgIpc) is 3.72. The predicted molar refractivity (Wildman–Crippen MR) is 200 cm³/mol. The monoisotopic (exact) mass is 722 g/mol. The second-order valence-electron chi connectivity index (χ2n) is 13.0. The number of aliphatic carboxylic acids is 1. The Morgan fingerprint density at radius 3 is 2.15 bits per heavy atom. The Bertz CT molecular complexity index is 1810. The lowest BCUT2D eigenvalue weighted by Crippen LogP contribution is -2.21. The van der Waals surface area contributed by atoms with Crippen molar-refractivity contribution in [2.75, 3.05) is 52.9 Å². The summed E-state index contributed by atoms with van der Waals surface area (Å²) in [5.74, 6) is 1.96. The molecule has 2 aromatic heterocycles. The molecule has 1 saturated carbocycles. The smallest absolute Gasteiger partial charge is 0.305 e. The number of benzene rings is 2. The number of aliphatic hydroxyl groups is 2. The number of carbonyl (C=O) groups is 2. The van der Waals surface area contributed by atoms with Crippen molar-refractivity contribution in [1.29, 1.82) is 0 Å². The molecule has 14 nitrogen and oxygen atoms in total. The first kappa shape index (κ1) is 40.1. The summed E-state index contributed by atoms with van der Waals surface area (Å²) in [4.78, 5) is 30.2. The van der Waals surface area contributed by atoms with Crippen LogP contribution < -0.4 is 24.8 Å². The summed E-state index contributed by atoms with van der Waals surface area (Å²) in [6.45, 7) is 8.05. The van der Waals surface area contributed by atoms with Crippen molar-refractivity contribution in [1.82, 2.24) is 24.6 Å². The highest BCUT2D eigenvalue weighted by Crippen LogP contribution is 2.37. The van der Waals surface area contributed by atoms with Crippen molar-refractivity contribution in [3.05, 3.63) is 46.6 Å². The highest BCUT2D eigenvalue weighted by Gasteiger charge is 2.24. The molecule has 0 radical (unpaired) electrons. The molecule has 5 rings (SSSR count). The van der Waals surface area contributed by atoms with Crippen LogP contribution in [-0.2, 0) is 17.9 Å². The highest BCUT2D eigenvalue weighted by molar-refractivity contribution is 6.06. The fourth-order valence-electron chi connectivity index (χ4n) is 6.69. The number of anilines is 1. The Morgan fingerprint density at radius 2 is 1.54 bits per heavy atom. The van der Waals surface area contributed by atoms with Gasteiger partial charge in [-0.25, -0.2) is 4.68 Å². The fraction of sp³-hybridized carbons (Fsp3) is 0.526. The molecule has 4 aromatic rings. The van der Waals surface area contributed by atoms with Gasteiger partial charge in [-0.3, -0.25) is 14.9 Å². The molecule has 1 amide bonds. The predicted octanol–water partition coefficient (Wildman–Crippen LogP) is 5.11. The van der Waals surface area contributed by atoms with Gasteiger partial charge in [-0.15, -0.1) is 5.10 Å². The lowest BCUT2D eigenvalue weighted by molar-refractivity contribution is -0.137. The number of nitrogens with zero attached hydrogens (tertiary/aromatic N) is 4. The van der Waals surface area contributed by atoms with E-state index in [-0.39, 0.29) is 32.1 Å². The summed E-state index contributed by atoms with van der Waals surface area (Å²) < 4.78 is 20.5. The second kappa shape index (κ2) is 19.3. The molecule has 0 bridgehead atoms. The van der Waals surface area contributed by atoms with Crippen LogP contribution in [0.4, 0.5) is 5.95 Å². The maximum absolute atomic E-state index is 13.9. The number of rotatable bonds is 16. The number of aromatic nitrogens is 4. The Labute approximate surface area is 305 Å². The van der Waals surface area contributed by atoms with Crippen molar-refractivity contribution in [2.45, 2.75) is 78.8 Å². The van der Waals surface area contributed by atoms with Gasteiger partial charge in [-0.1, -0.05) is 32.1 Å². The molecular weight excluding hydrogens is 668 g/mol. The third kappa shape index (κ3) is 9.81. The maximum Gasteiger partial charge on any atom is 0.305 e. The molecule has 2 heterocycles. The second-order valence-corrected chi connectivity index (χ2v) is 13.0. The molecule has 1 aliphatic rings. The number of fused-ring (bicyclic) bond motifs is 1. The number of carbonyl (C=O) groups excluding carboxylic acids is 1. The van der Waals surface area contributed by atoms with Crippen molar-refractivity contribution in [2.24, 2.45) is 5.92 Å². The Kier molecular flexibility index (Phi) is 14.9. The molecular formula is C38H54N6O8. The van der Waals surface area contributed by atoms with Gasteiger partial charge in [0.05, 0.1) is 52.0 Å². The van der Waals surface area contributed by atoms with E-state index in [1.165, 1.54) is 32.1 Å². The van der Waals surface area contributed by atoms with E-state index in [0.717, 1.165) is 34.0 Å². The quantitative estimate of drug-likeness (QED) is 0.0970. The first-order valence-corrected chi connectivity index (χ1v) is 17.9. The number of ether oxygens (including phenoxy) is 3. The highest BCUT2D eigenvalue weighted by atomic mass is 16.5. The Morgan fingerprint density at radius 1 is 0.865 bits per heavy atom. The topological polar surface area (TPSA) is 182 Å². The molecule has 284 valence electrons. The van der Waals surface area contributed by atoms with E-state index in [1.54, 1.807) is 32.0 Å². The van der Waals surface area contributed by atoms with Crippen LogP contribution in [0.15, 0.2) is 24.3 Å². The molecule has 2 aromatic carbocycles. The summed E-state index contributed by atoms with van der Waals surface area (Å²) >= 11 is 0. The molecule has 14 heteroatoms. The third-order valence-corrected chi connectivity index (χ3v) is 9.65.